The Morgan fingerprint density at radius 3 is 2.28 bits per heavy atom. The molecule has 3 nitrogen and oxygen atoms in total. The minimum absolute atomic E-state index is 0.374. The van der Waals surface area contributed by atoms with Crippen LogP contribution in [0.1, 0.15) is 113 Å². The smallest absolute Gasteiger partial charge is 0.133 e. The van der Waals surface area contributed by atoms with Gasteiger partial charge in [0.2, 0.25) is 0 Å². The Balaban J connectivity index is 0.00000176. The molecule has 32 heavy (non-hydrogen) atoms. The minimum atomic E-state index is 0.374. The summed E-state index contributed by atoms with van der Waals surface area (Å²) in [6, 6.07) is 0.578. The van der Waals surface area contributed by atoms with Crippen LogP contribution in [0.5, 0.6) is 0 Å². The molecule has 7 atom stereocenters. The average Bonchev–Trinajstić information content (AvgIpc) is 3.10. The Morgan fingerprint density at radius 2 is 1.66 bits per heavy atom. The number of hydrogen-bond donors (Lipinski definition) is 2. The zero-order valence-electron chi connectivity index (χ0n) is 22.9. The molecule has 0 aromatic carbocycles. The van der Waals surface area contributed by atoms with Crippen molar-refractivity contribution in [2.24, 2.45) is 40.4 Å². The predicted molar refractivity (Wildman–Crippen MR) is 139 cm³/mol. The molecule has 0 amide bonds. The van der Waals surface area contributed by atoms with E-state index in [0.717, 1.165) is 56.0 Å². The molecule has 0 aromatic rings. The molecule has 3 aliphatic carbocycles. The molecule has 0 aromatic heterocycles. The van der Waals surface area contributed by atoms with E-state index in [-0.39, 0.29) is 0 Å². The highest BCUT2D eigenvalue weighted by Gasteiger charge is 2.57. The third-order valence-electron chi connectivity index (χ3n) is 10.1. The van der Waals surface area contributed by atoms with Crippen molar-refractivity contribution in [2.45, 2.75) is 119 Å². The molecule has 0 aliphatic heterocycles. The Kier molecular flexibility index (Phi) is 10.7. The van der Waals surface area contributed by atoms with Gasteiger partial charge in [-0.15, -0.1) is 0 Å². The fourth-order valence-corrected chi connectivity index (χ4v) is 7.99. The fourth-order valence-electron chi connectivity index (χ4n) is 7.99. The number of Topliss-reactive ketones (excluding diaryl/α,β-unsaturated/α-hetero) is 1. The van der Waals surface area contributed by atoms with Crippen LogP contribution in [0.4, 0.5) is 0 Å². The summed E-state index contributed by atoms with van der Waals surface area (Å²) >= 11 is 0. The van der Waals surface area contributed by atoms with Crippen LogP contribution in [0.25, 0.3) is 0 Å². The Hall–Kier alpha value is -0.410. The maximum absolute atomic E-state index is 12.1. The van der Waals surface area contributed by atoms with Gasteiger partial charge in [-0.05, 0) is 85.5 Å². The topological polar surface area (TPSA) is 41.1 Å². The van der Waals surface area contributed by atoms with Crippen LogP contribution >= 0.6 is 0 Å². The second-order valence-electron chi connectivity index (χ2n) is 11.9. The average molecular weight is 449 g/mol. The summed E-state index contributed by atoms with van der Waals surface area (Å²) in [5, 5.41) is 7.19. The highest BCUT2D eigenvalue weighted by molar-refractivity contribution is 5.79. The molecule has 2 N–H and O–H groups in total. The number of fused-ring (bicyclic) bond motifs is 1. The van der Waals surface area contributed by atoms with E-state index < -0.39 is 0 Å². The third-order valence-corrected chi connectivity index (χ3v) is 10.1. The van der Waals surface area contributed by atoms with E-state index in [1.165, 1.54) is 45.1 Å². The van der Waals surface area contributed by atoms with Crippen LogP contribution in [0.15, 0.2) is 0 Å². The van der Waals surface area contributed by atoms with Gasteiger partial charge in [0.15, 0.2) is 0 Å². The van der Waals surface area contributed by atoms with Crippen molar-refractivity contribution in [2.75, 3.05) is 19.6 Å². The molecular formula is C29H56N2O. The van der Waals surface area contributed by atoms with E-state index >= 15 is 0 Å². The molecule has 0 radical (unpaired) electrons. The van der Waals surface area contributed by atoms with Gasteiger partial charge in [-0.1, -0.05) is 61.8 Å². The molecule has 0 spiro atoms. The lowest BCUT2D eigenvalue weighted by Gasteiger charge is -2.56. The zero-order chi connectivity index (χ0) is 23.9. The maximum atomic E-state index is 12.1. The normalized spacial score (nSPS) is 39.5. The monoisotopic (exact) mass is 448 g/mol. The summed E-state index contributed by atoms with van der Waals surface area (Å²) in [4.78, 5) is 12.1. The first-order chi connectivity index (χ1) is 15.2. The number of carbonyl (C=O) groups excluding carboxylic acids is 1. The van der Waals surface area contributed by atoms with E-state index in [0.29, 0.717) is 28.6 Å². The zero-order valence-corrected chi connectivity index (χ0v) is 22.9. The van der Waals surface area contributed by atoms with E-state index in [9.17, 15) is 4.79 Å². The number of rotatable bonds is 9. The lowest BCUT2D eigenvalue weighted by molar-refractivity contribution is -0.130. The van der Waals surface area contributed by atoms with Gasteiger partial charge in [0.05, 0.1) is 0 Å². The highest BCUT2D eigenvalue weighted by atomic mass is 16.1. The quantitative estimate of drug-likeness (QED) is 0.379. The summed E-state index contributed by atoms with van der Waals surface area (Å²) in [6.45, 7) is 21.8. The lowest BCUT2D eigenvalue weighted by atomic mass is 9.48. The Bertz CT molecular complexity index is 576. The van der Waals surface area contributed by atoms with Crippen molar-refractivity contribution < 1.29 is 4.79 Å². The van der Waals surface area contributed by atoms with E-state index in [4.69, 9.17) is 0 Å². The van der Waals surface area contributed by atoms with Crippen LogP contribution in [0.2, 0.25) is 0 Å². The van der Waals surface area contributed by atoms with Crippen molar-refractivity contribution in [3.63, 3.8) is 0 Å². The van der Waals surface area contributed by atoms with Gasteiger partial charge >= 0.3 is 0 Å². The standard InChI is InChI=1S/C27H50N2O.C2H6/c1-7-23-24-9-8-21(12-15-28-16-17-29-19(2)3)27(24,6)14-11-25(23)26(5)13-10-22(30)18-20(26)4;1-2/h19-21,23-25,28-29H,7-18H2,1-6H3;1-2H3. The molecule has 188 valence electrons. The van der Waals surface area contributed by atoms with Crippen molar-refractivity contribution in [3.05, 3.63) is 0 Å². The maximum Gasteiger partial charge on any atom is 0.133 e. The predicted octanol–water partition coefficient (Wildman–Crippen LogP) is 6.85. The molecule has 3 rings (SSSR count). The van der Waals surface area contributed by atoms with E-state index in [1.54, 1.807) is 0 Å². The van der Waals surface area contributed by atoms with Crippen LogP contribution in [-0.4, -0.2) is 31.5 Å². The van der Waals surface area contributed by atoms with Crippen LogP contribution in [-0.2, 0) is 4.79 Å². The molecule has 7 unspecified atom stereocenters. The largest absolute Gasteiger partial charge is 0.315 e. The van der Waals surface area contributed by atoms with Gasteiger partial charge in [0.1, 0.15) is 5.78 Å². The first-order valence-electron chi connectivity index (χ1n) is 14.2. The molecule has 0 saturated heterocycles. The first-order valence-corrected chi connectivity index (χ1v) is 14.2. The van der Waals surface area contributed by atoms with Gasteiger partial charge in [-0.25, -0.2) is 0 Å². The SMILES string of the molecule is CC.CCC1C(C2(C)CCC(=O)CC2C)CCC2(C)C(CCNCCNC(C)C)CCC12. The summed E-state index contributed by atoms with van der Waals surface area (Å²) < 4.78 is 0. The molecule has 0 heterocycles. The van der Waals surface area contributed by atoms with Gasteiger partial charge in [-0.2, -0.15) is 0 Å². The first kappa shape index (κ1) is 27.8. The van der Waals surface area contributed by atoms with Crippen molar-refractivity contribution in [3.8, 4) is 0 Å². The Morgan fingerprint density at radius 1 is 0.969 bits per heavy atom. The molecule has 0 bridgehead atoms. The van der Waals surface area contributed by atoms with Gasteiger partial charge in [0.25, 0.3) is 0 Å². The van der Waals surface area contributed by atoms with Crippen LogP contribution in [0.3, 0.4) is 0 Å². The summed E-state index contributed by atoms with van der Waals surface area (Å²) in [5.41, 5.74) is 0.915. The molecule has 3 saturated carbocycles. The molecule has 3 fully saturated rings. The van der Waals surface area contributed by atoms with Crippen LogP contribution < -0.4 is 10.6 Å². The second-order valence-corrected chi connectivity index (χ2v) is 11.9. The van der Waals surface area contributed by atoms with Gasteiger partial charge in [0, 0.05) is 32.0 Å². The van der Waals surface area contributed by atoms with Gasteiger partial charge < -0.3 is 10.6 Å². The number of ketones is 1. The number of hydrogen-bond acceptors (Lipinski definition) is 3. The molecular weight excluding hydrogens is 392 g/mol. The Labute approximate surface area is 200 Å². The highest BCUT2D eigenvalue weighted by Crippen LogP contribution is 2.64. The van der Waals surface area contributed by atoms with Crippen molar-refractivity contribution >= 4 is 5.78 Å². The van der Waals surface area contributed by atoms with Gasteiger partial charge in [-0.3, -0.25) is 4.79 Å². The minimum Gasteiger partial charge on any atom is -0.315 e. The van der Waals surface area contributed by atoms with Crippen molar-refractivity contribution in [1.29, 1.82) is 0 Å². The fraction of sp³-hybridized carbons (Fsp3) is 0.966. The van der Waals surface area contributed by atoms with E-state index in [2.05, 4.69) is 52.2 Å². The van der Waals surface area contributed by atoms with Crippen molar-refractivity contribution in [1.82, 2.24) is 10.6 Å². The van der Waals surface area contributed by atoms with Crippen LogP contribution in [0, 0.1) is 40.4 Å². The lowest BCUT2D eigenvalue weighted by Crippen LogP contribution is -2.50. The second kappa shape index (κ2) is 12.3. The molecule has 3 heteroatoms. The number of carbonyl (C=O) groups is 1. The summed E-state index contributed by atoms with van der Waals surface area (Å²) in [7, 11) is 0. The van der Waals surface area contributed by atoms with E-state index in [1.807, 2.05) is 13.8 Å². The number of nitrogens with one attached hydrogen (secondary N) is 2. The summed E-state index contributed by atoms with van der Waals surface area (Å²) in [5.74, 6) is 4.53. The third kappa shape index (κ3) is 5.98. The molecule has 3 aliphatic rings. The summed E-state index contributed by atoms with van der Waals surface area (Å²) in [6.07, 6.45) is 11.1.